The van der Waals surface area contributed by atoms with Gasteiger partial charge in [0.25, 0.3) is 5.69 Å². The third kappa shape index (κ3) is 1.85. The van der Waals surface area contributed by atoms with Gasteiger partial charge in [-0.25, -0.2) is 4.90 Å². The van der Waals surface area contributed by atoms with E-state index in [1.807, 2.05) is 6.92 Å². The molecule has 1 saturated heterocycles. The van der Waals surface area contributed by atoms with Crippen LogP contribution in [0.25, 0.3) is 0 Å². The molecule has 4 aliphatic carbocycles. The van der Waals surface area contributed by atoms with E-state index < -0.39 is 4.92 Å². The number of aryl methyl sites for hydroxylation is 1. The van der Waals surface area contributed by atoms with Gasteiger partial charge in [0.2, 0.25) is 11.8 Å². The van der Waals surface area contributed by atoms with Gasteiger partial charge in [-0.2, -0.15) is 0 Å². The van der Waals surface area contributed by atoms with Crippen molar-refractivity contribution in [3.8, 4) is 0 Å². The first-order valence-electron chi connectivity index (χ1n) is 9.18. The molecule has 1 heterocycles. The topological polar surface area (TPSA) is 80.5 Å². The average Bonchev–Trinajstić information content (AvgIpc) is 3.39. The number of hydrogen-bond donors (Lipinski definition) is 0. The minimum Gasteiger partial charge on any atom is -0.274 e. The molecule has 0 aromatic heterocycles. The van der Waals surface area contributed by atoms with Crippen LogP contribution in [-0.2, 0) is 16.0 Å². The number of non-ortho nitro benzene ring substituents is 1. The Morgan fingerprint density at radius 3 is 2.20 bits per heavy atom. The lowest BCUT2D eigenvalue weighted by molar-refractivity contribution is -0.384. The highest BCUT2D eigenvalue weighted by Gasteiger charge is 2.68. The molecule has 1 aliphatic heterocycles. The minimum absolute atomic E-state index is 0.0755. The van der Waals surface area contributed by atoms with Gasteiger partial charge in [0.1, 0.15) is 0 Å². The molecule has 6 nitrogen and oxygen atoms in total. The highest BCUT2D eigenvalue weighted by Crippen LogP contribution is 2.68. The molecule has 2 bridgehead atoms. The molecule has 0 spiro atoms. The van der Waals surface area contributed by atoms with E-state index in [1.54, 1.807) is 6.07 Å². The normalized spacial score (nSPS) is 37.9. The standard InChI is InChI=1S/C19H20N2O4/c1-2-9-3-4-10(21(24)25)7-15(9)20-18(22)16-11-5-6-12(14-8-13(11)14)17(16)19(20)23/h3-4,7,11-14,16-17H,2,5-6,8H2,1H3/t11-,12+,13-,14+,16-,17+. The summed E-state index contributed by atoms with van der Waals surface area (Å²) in [6, 6.07) is 4.51. The number of imide groups is 1. The van der Waals surface area contributed by atoms with Gasteiger partial charge in [0, 0.05) is 12.1 Å². The number of rotatable bonds is 3. The fourth-order valence-corrected chi connectivity index (χ4v) is 5.95. The number of carbonyl (C=O) groups is 2. The van der Waals surface area contributed by atoms with Crippen LogP contribution >= 0.6 is 0 Å². The van der Waals surface area contributed by atoms with Crippen molar-refractivity contribution in [1.29, 1.82) is 0 Å². The number of nitrogens with zero attached hydrogens (tertiary/aromatic N) is 2. The summed E-state index contributed by atoms with van der Waals surface area (Å²) in [4.78, 5) is 38.4. The van der Waals surface area contributed by atoms with Crippen molar-refractivity contribution in [3.05, 3.63) is 33.9 Å². The molecule has 2 amide bonds. The molecular weight excluding hydrogens is 320 g/mol. The van der Waals surface area contributed by atoms with E-state index in [9.17, 15) is 19.7 Å². The monoisotopic (exact) mass is 340 g/mol. The minimum atomic E-state index is -0.472. The van der Waals surface area contributed by atoms with Crippen molar-refractivity contribution in [1.82, 2.24) is 0 Å². The van der Waals surface area contributed by atoms with E-state index in [2.05, 4.69) is 0 Å². The van der Waals surface area contributed by atoms with Gasteiger partial charge in [0.05, 0.1) is 22.4 Å². The second kappa shape index (κ2) is 4.90. The maximum Gasteiger partial charge on any atom is 0.271 e. The molecule has 6 heteroatoms. The third-order valence-corrected chi connectivity index (χ3v) is 7.05. The lowest BCUT2D eigenvalue weighted by Gasteiger charge is -2.42. The molecular formula is C19H20N2O4. The Balaban J connectivity index is 1.60. The Hall–Kier alpha value is -2.24. The summed E-state index contributed by atoms with van der Waals surface area (Å²) < 4.78 is 0. The molecule has 25 heavy (non-hydrogen) atoms. The molecule has 0 unspecified atom stereocenters. The Morgan fingerprint density at radius 1 is 1.08 bits per heavy atom. The number of hydrogen-bond acceptors (Lipinski definition) is 4. The van der Waals surface area contributed by atoms with Crippen LogP contribution in [0.5, 0.6) is 0 Å². The molecule has 1 aromatic carbocycles. The first-order chi connectivity index (χ1) is 12.0. The van der Waals surface area contributed by atoms with Crippen LogP contribution in [0.4, 0.5) is 11.4 Å². The summed E-state index contributed by atoms with van der Waals surface area (Å²) in [6.07, 6.45) is 3.91. The van der Waals surface area contributed by atoms with Gasteiger partial charge in [-0.3, -0.25) is 19.7 Å². The number of carbonyl (C=O) groups excluding carboxylic acids is 2. The summed E-state index contributed by atoms with van der Waals surface area (Å²) in [5.74, 6) is 1.31. The first-order valence-corrected chi connectivity index (χ1v) is 9.18. The quantitative estimate of drug-likeness (QED) is 0.481. The zero-order valence-electron chi connectivity index (χ0n) is 14.1. The lowest BCUT2D eigenvalue weighted by Crippen LogP contribution is -2.43. The predicted molar refractivity (Wildman–Crippen MR) is 89.8 cm³/mol. The molecule has 5 aliphatic rings. The zero-order valence-corrected chi connectivity index (χ0v) is 14.1. The third-order valence-electron chi connectivity index (χ3n) is 7.05. The fourth-order valence-electron chi connectivity index (χ4n) is 5.95. The van der Waals surface area contributed by atoms with E-state index in [0.717, 1.165) is 18.4 Å². The van der Waals surface area contributed by atoms with E-state index in [4.69, 9.17) is 0 Å². The van der Waals surface area contributed by atoms with Crippen LogP contribution in [-0.4, -0.2) is 16.7 Å². The van der Waals surface area contributed by atoms with E-state index in [0.29, 0.717) is 35.8 Å². The van der Waals surface area contributed by atoms with Crippen LogP contribution in [0.3, 0.4) is 0 Å². The van der Waals surface area contributed by atoms with Crippen molar-refractivity contribution in [2.75, 3.05) is 4.90 Å². The number of benzene rings is 1. The zero-order chi connectivity index (χ0) is 17.5. The summed E-state index contributed by atoms with van der Waals surface area (Å²) in [6.45, 7) is 1.93. The SMILES string of the molecule is CCc1ccc([N+](=O)[O-])cc1N1C(=O)[C@@H]2[C@@H]3CC[C@@H]([C@@H]4C[C@@H]43)[C@@H]2C1=O. The smallest absolute Gasteiger partial charge is 0.271 e. The summed E-state index contributed by atoms with van der Waals surface area (Å²) in [7, 11) is 0. The maximum atomic E-state index is 13.2. The average molecular weight is 340 g/mol. The lowest BCUT2D eigenvalue weighted by atomic mass is 9.59. The Bertz CT molecular complexity index is 786. The van der Waals surface area contributed by atoms with Crippen molar-refractivity contribution in [2.24, 2.45) is 35.5 Å². The van der Waals surface area contributed by atoms with Gasteiger partial charge >= 0.3 is 0 Å². The van der Waals surface area contributed by atoms with E-state index in [1.165, 1.54) is 23.5 Å². The van der Waals surface area contributed by atoms with Gasteiger partial charge in [-0.15, -0.1) is 0 Å². The predicted octanol–water partition coefficient (Wildman–Crippen LogP) is 2.94. The van der Waals surface area contributed by atoms with Crippen molar-refractivity contribution >= 4 is 23.2 Å². The number of fused-ring (bicyclic) bond motifs is 1. The molecule has 0 radical (unpaired) electrons. The first kappa shape index (κ1) is 15.0. The largest absolute Gasteiger partial charge is 0.274 e. The van der Waals surface area contributed by atoms with Gasteiger partial charge in [-0.1, -0.05) is 13.0 Å². The molecule has 4 saturated carbocycles. The van der Waals surface area contributed by atoms with Crippen LogP contribution in [0.1, 0.15) is 31.7 Å². The number of anilines is 1. The second-order valence-electron chi connectivity index (χ2n) is 7.96. The maximum absolute atomic E-state index is 13.2. The molecule has 6 rings (SSSR count). The van der Waals surface area contributed by atoms with Crippen molar-refractivity contribution in [3.63, 3.8) is 0 Å². The van der Waals surface area contributed by atoms with Gasteiger partial charge < -0.3 is 0 Å². The Kier molecular flexibility index (Phi) is 2.95. The second-order valence-corrected chi connectivity index (χ2v) is 7.96. The Labute approximate surface area is 145 Å². The molecule has 0 N–H and O–H groups in total. The number of amides is 2. The van der Waals surface area contributed by atoms with E-state index >= 15 is 0 Å². The summed E-state index contributed by atoms with van der Waals surface area (Å²) >= 11 is 0. The van der Waals surface area contributed by atoms with Crippen molar-refractivity contribution in [2.45, 2.75) is 32.6 Å². The van der Waals surface area contributed by atoms with Crippen LogP contribution < -0.4 is 4.90 Å². The molecule has 1 aromatic rings. The highest BCUT2D eigenvalue weighted by molar-refractivity contribution is 6.23. The molecule has 130 valence electrons. The number of nitro groups is 1. The summed E-state index contributed by atoms with van der Waals surface area (Å²) in [5.41, 5.74) is 1.16. The Morgan fingerprint density at radius 2 is 1.68 bits per heavy atom. The van der Waals surface area contributed by atoms with Crippen LogP contribution in [0.2, 0.25) is 0 Å². The van der Waals surface area contributed by atoms with Gasteiger partial charge in [-0.05, 0) is 54.9 Å². The van der Waals surface area contributed by atoms with Crippen molar-refractivity contribution < 1.29 is 14.5 Å². The summed E-state index contributed by atoms with van der Waals surface area (Å²) in [5, 5.41) is 11.2. The molecule has 6 atom stereocenters. The fraction of sp³-hybridized carbons (Fsp3) is 0.579. The van der Waals surface area contributed by atoms with Gasteiger partial charge in [0.15, 0.2) is 0 Å². The van der Waals surface area contributed by atoms with Crippen LogP contribution in [0, 0.1) is 45.6 Å². The number of nitro benzene ring substituents is 1. The molecule has 5 fully saturated rings. The van der Waals surface area contributed by atoms with E-state index in [-0.39, 0.29) is 29.3 Å². The highest BCUT2D eigenvalue weighted by atomic mass is 16.6. The van der Waals surface area contributed by atoms with Crippen LogP contribution in [0.15, 0.2) is 18.2 Å².